The van der Waals surface area contributed by atoms with Gasteiger partial charge in [0.25, 0.3) is 5.69 Å². The standard InChI is InChI=1S/C16H13F3N2O5S/c17-11-3-1-2-10-12(6-7-26-15(10)11)20-13-5-4-9(8-14(13)21(22)23)27(24,25)16(18)19/h1-5,8,12,16,20H,6-7H2/t12-/m0/s1. The van der Waals surface area contributed by atoms with Crippen molar-refractivity contribution in [2.75, 3.05) is 11.9 Å². The van der Waals surface area contributed by atoms with Gasteiger partial charge in [-0.25, -0.2) is 12.8 Å². The van der Waals surface area contributed by atoms with E-state index in [2.05, 4.69) is 5.32 Å². The Balaban J connectivity index is 2.00. The fourth-order valence-electron chi connectivity index (χ4n) is 2.79. The average Bonchev–Trinajstić information content (AvgIpc) is 2.62. The number of alkyl halides is 2. The van der Waals surface area contributed by atoms with E-state index in [-0.39, 0.29) is 18.0 Å². The number of hydrogen-bond donors (Lipinski definition) is 1. The lowest BCUT2D eigenvalue weighted by Crippen LogP contribution is -2.21. The van der Waals surface area contributed by atoms with Crippen LogP contribution >= 0.6 is 0 Å². The first kappa shape index (κ1) is 19.0. The number of fused-ring (bicyclic) bond motifs is 1. The van der Waals surface area contributed by atoms with Gasteiger partial charge in [-0.15, -0.1) is 0 Å². The second-order valence-electron chi connectivity index (χ2n) is 5.73. The van der Waals surface area contributed by atoms with Crippen LogP contribution in [0, 0.1) is 15.9 Å². The molecule has 1 atom stereocenters. The zero-order chi connectivity index (χ0) is 19.8. The van der Waals surface area contributed by atoms with E-state index in [0.29, 0.717) is 18.1 Å². The molecule has 144 valence electrons. The third-order valence-electron chi connectivity index (χ3n) is 4.08. The Kier molecular flexibility index (Phi) is 4.96. The molecule has 1 N–H and O–H groups in total. The van der Waals surface area contributed by atoms with E-state index in [0.717, 1.165) is 12.1 Å². The van der Waals surface area contributed by atoms with Crippen LogP contribution in [0.15, 0.2) is 41.3 Å². The molecule has 0 bridgehead atoms. The van der Waals surface area contributed by atoms with Gasteiger partial charge in [0.1, 0.15) is 5.69 Å². The number of para-hydroxylation sites is 1. The molecule has 0 amide bonds. The van der Waals surface area contributed by atoms with E-state index in [4.69, 9.17) is 4.74 Å². The number of nitrogens with zero attached hydrogens (tertiary/aromatic N) is 1. The highest BCUT2D eigenvalue weighted by Gasteiger charge is 2.31. The van der Waals surface area contributed by atoms with Gasteiger partial charge in [0.05, 0.1) is 22.5 Å². The Labute approximate surface area is 151 Å². The topological polar surface area (TPSA) is 98.5 Å². The van der Waals surface area contributed by atoms with Crippen LogP contribution in [-0.2, 0) is 9.84 Å². The zero-order valence-electron chi connectivity index (χ0n) is 13.6. The molecule has 27 heavy (non-hydrogen) atoms. The molecule has 2 aromatic carbocycles. The van der Waals surface area contributed by atoms with Gasteiger partial charge in [-0.2, -0.15) is 8.78 Å². The van der Waals surface area contributed by atoms with Crippen LogP contribution in [0.4, 0.5) is 24.5 Å². The normalized spacial score (nSPS) is 16.5. The number of nitrogens with one attached hydrogen (secondary N) is 1. The summed E-state index contributed by atoms with van der Waals surface area (Å²) in [6.07, 6.45) is 0.366. The van der Waals surface area contributed by atoms with Crippen LogP contribution in [-0.4, -0.2) is 25.7 Å². The van der Waals surface area contributed by atoms with E-state index in [9.17, 15) is 31.7 Å². The smallest absolute Gasteiger partial charge is 0.341 e. The molecule has 0 spiro atoms. The minimum absolute atomic E-state index is 0.0285. The summed E-state index contributed by atoms with van der Waals surface area (Å²) in [4.78, 5) is 9.58. The van der Waals surface area contributed by atoms with Gasteiger partial charge < -0.3 is 10.1 Å². The summed E-state index contributed by atoms with van der Waals surface area (Å²) >= 11 is 0. The van der Waals surface area contributed by atoms with Gasteiger partial charge in [0.15, 0.2) is 11.6 Å². The first-order valence-corrected chi connectivity index (χ1v) is 9.24. The second kappa shape index (κ2) is 7.06. The molecule has 0 aromatic heterocycles. The highest BCUT2D eigenvalue weighted by Crippen LogP contribution is 2.38. The number of sulfone groups is 1. The average molecular weight is 402 g/mol. The van der Waals surface area contributed by atoms with E-state index in [1.54, 1.807) is 6.07 Å². The minimum atomic E-state index is -4.97. The SMILES string of the molecule is O=[N+]([O-])c1cc(S(=O)(=O)C(F)F)ccc1N[C@H]1CCOc2c(F)cccc21. The van der Waals surface area contributed by atoms with Crippen LogP contribution in [0.25, 0.3) is 0 Å². The van der Waals surface area contributed by atoms with Crippen molar-refractivity contribution in [1.82, 2.24) is 0 Å². The molecule has 0 unspecified atom stereocenters. The quantitative estimate of drug-likeness (QED) is 0.605. The van der Waals surface area contributed by atoms with Crippen molar-refractivity contribution in [1.29, 1.82) is 0 Å². The molecule has 1 aliphatic heterocycles. The monoisotopic (exact) mass is 402 g/mol. The summed E-state index contributed by atoms with van der Waals surface area (Å²) in [5.41, 5.74) is -0.309. The van der Waals surface area contributed by atoms with E-state index in [1.807, 2.05) is 0 Å². The number of nitro groups is 1. The van der Waals surface area contributed by atoms with Crippen LogP contribution in [0.3, 0.4) is 0 Å². The predicted molar refractivity (Wildman–Crippen MR) is 89.2 cm³/mol. The summed E-state index contributed by atoms with van der Waals surface area (Å²) in [5.74, 6) is -4.24. The van der Waals surface area contributed by atoms with Crippen molar-refractivity contribution < 1.29 is 31.2 Å². The first-order chi connectivity index (χ1) is 12.7. The molecule has 1 heterocycles. The van der Waals surface area contributed by atoms with Crippen LogP contribution in [0.1, 0.15) is 18.0 Å². The third-order valence-corrected chi connectivity index (χ3v) is 5.46. The number of ether oxygens (including phenoxy) is 1. The van der Waals surface area contributed by atoms with E-state index >= 15 is 0 Å². The summed E-state index contributed by atoms with van der Waals surface area (Å²) in [7, 11) is -4.97. The number of benzene rings is 2. The molecule has 7 nitrogen and oxygen atoms in total. The molecular weight excluding hydrogens is 389 g/mol. The minimum Gasteiger partial charge on any atom is -0.490 e. The van der Waals surface area contributed by atoms with Crippen molar-refractivity contribution in [3.63, 3.8) is 0 Å². The highest BCUT2D eigenvalue weighted by atomic mass is 32.2. The second-order valence-corrected chi connectivity index (χ2v) is 7.65. The van der Waals surface area contributed by atoms with Crippen molar-refractivity contribution in [2.45, 2.75) is 23.1 Å². The number of nitro benzene ring substituents is 1. The Bertz CT molecular complexity index is 998. The maximum Gasteiger partial charge on any atom is 0.341 e. The van der Waals surface area contributed by atoms with Crippen LogP contribution < -0.4 is 10.1 Å². The van der Waals surface area contributed by atoms with Gasteiger partial charge in [0, 0.05) is 18.1 Å². The molecule has 2 aromatic rings. The number of rotatable bonds is 5. The number of anilines is 1. The lowest BCUT2D eigenvalue weighted by molar-refractivity contribution is -0.384. The molecule has 11 heteroatoms. The van der Waals surface area contributed by atoms with Crippen molar-refractivity contribution in [2.24, 2.45) is 0 Å². The molecule has 0 aliphatic carbocycles. The molecule has 3 rings (SSSR count). The predicted octanol–water partition coefficient (Wildman–Crippen LogP) is 3.67. The van der Waals surface area contributed by atoms with Crippen LogP contribution in [0.2, 0.25) is 0 Å². The van der Waals surface area contributed by atoms with Crippen molar-refractivity contribution in [3.8, 4) is 5.75 Å². The Morgan fingerprint density at radius 1 is 1.26 bits per heavy atom. The van der Waals surface area contributed by atoms with Crippen molar-refractivity contribution >= 4 is 21.2 Å². The van der Waals surface area contributed by atoms with Gasteiger partial charge in [0.2, 0.25) is 9.84 Å². The Morgan fingerprint density at radius 3 is 2.67 bits per heavy atom. The van der Waals surface area contributed by atoms with Gasteiger partial charge >= 0.3 is 5.76 Å². The maximum absolute atomic E-state index is 13.9. The summed E-state index contributed by atoms with van der Waals surface area (Å²) < 4.78 is 67.6. The Morgan fingerprint density at radius 2 is 2.00 bits per heavy atom. The highest BCUT2D eigenvalue weighted by molar-refractivity contribution is 7.91. The molecular formula is C16H13F3N2O5S. The van der Waals surface area contributed by atoms with E-state index in [1.165, 1.54) is 12.1 Å². The molecule has 0 saturated heterocycles. The van der Waals surface area contributed by atoms with Crippen LogP contribution in [0.5, 0.6) is 5.75 Å². The lowest BCUT2D eigenvalue weighted by Gasteiger charge is -2.27. The van der Waals surface area contributed by atoms with Gasteiger partial charge in [-0.3, -0.25) is 10.1 Å². The molecule has 1 aliphatic rings. The molecule has 0 saturated carbocycles. The zero-order valence-corrected chi connectivity index (χ0v) is 14.4. The third kappa shape index (κ3) is 3.54. The lowest BCUT2D eigenvalue weighted by atomic mass is 10.00. The fourth-order valence-corrected chi connectivity index (χ4v) is 3.53. The van der Waals surface area contributed by atoms with Gasteiger partial charge in [-0.1, -0.05) is 12.1 Å². The first-order valence-electron chi connectivity index (χ1n) is 7.70. The van der Waals surface area contributed by atoms with E-state index < -0.39 is 43.0 Å². The molecule has 0 fully saturated rings. The number of hydrogen-bond acceptors (Lipinski definition) is 6. The summed E-state index contributed by atoms with van der Waals surface area (Å²) in [6.45, 7) is 0.164. The fraction of sp³-hybridized carbons (Fsp3) is 0.250. The maximum atomic E-state index is 13.9. The number of halogens is 3. The van der Waals surface area contributed by atoms with Gasteiger partial charge in [-0.05, 0) is 18.2 Å². The summed E-state index contributed by atoms with van der Waals surface area (Å²) in [5, 5.41) is 14.2. The Hall–Kier alpha value is -2.82. The van der Waals surface area contributed by atoms with Crippen molar-refractivity contribution in [3.05, 3.63) is 57.9 Å². The summed E-state index contributed by atoms with van der Waals surface area (Å²) in [6, 6.07) is 6.22. The largest absolute Gasteiger partial charge is 0.490 e. The molecule has 0 radical (unpaired) electrons.